The standard InChI is InChI=1S/C16H30N2O3/c1-5-13-14(19)17-16(6-2,7-3)15(20)18(13)11-9-8-10-12-21-4/h13H,5-12H2,1-4H3,(H,17,19). The normalized spacial score (nSPS) is 21.5. The molecule has 1 atom stereocenters. The van der Waals surface area contributed by atoms with Gasteiger partial charge >= 0.3 is 0 Å². The number of piperazine rings is 1. The Labute approximate surface area is 128 Å². The zero-order valence-electron chi connectivity index (χ0n) is 13.9. The number of carbonyl (C=O) groups excluding carboxylic acids is 2. The molecule has 1 unspecified atom stereocenters. The smallest absolute Gasteiger partial charge is 0.248 e. The van der Waals surface area contributed by atoms with Crippen molar-refractivity contribution >= 4 is 11.8 Å². The molecule has 1 aliphatic heterocycles. The number of carbonyl (C=O) groups is 2. The maximum atomic E-state index is 12.8. The third-order valence-electron chi connectivity index (χ3n) is 4.55. The number of nitrogens with zero attached hydrogens (tertiary/aromatic N) is 1. The summed E-state index contributed by atoms with van der Waals surface area (Å²) in [5, 5.41) is 2.97. The van der Waals surface area contributed by atoms with E-state index in [1.54, 1.807) is 12.0 Å². The van der Waals surface area contributed by atoms with Gasteiger partial charge in [-0.3, -0.25) is 9.59 Å². The Bertz CT molecular complexity index is 353. The van der Waals surface area contributed by atoms with Crippen LogP contribution >= 0.6 is 0 Å². The van der Waals surface area contributed by atoms with E-state index in [0.29, 0.717) is 25.8 Å². The Balaban J connectivity index is 2.74. The molecule has 2 amide bonds. The van der Waals surface area contributed by atoms with Crippen LogP contribution in [0.15, 0.2) is 0 Å². The van der Waals surface area contributed by atoms with Crippen molar-refractivity contribution in [2.45, 2.75) is 70.9 Å². The van der Waals surface area contributed by atoms with Crippen molar-refractivity contribution < 1.29 is 14.3 Å². The lowest BCUT2D eigenvalue weighted by Gasteiger charge is -2.45. The first-order valence-corrected chi connectivity index (χ1v) is 8.18. The van der Waals surface area contributed by atoms with Gasteiger partial charge in [0.05, 0.1) is 0 Å². The summed E-state index contributed by atoms with van der Waals surface area (Å²) >= 11 is 0. The Morgan fingerprint density at radius 3 is 2.33 bits per heavy atom. The van der Waals surface area contributed by atoms with Crippen LogP contribution in [0.4, 0.5) is 0 Å². The van der Waals surface area contributed by atoms with E-state index in [1.807, 2.05) is 20.8 Å². The molecule has 0 bridgehead atoms. The largest absolute Gasteiger partial charge is 0.385 e. The van der Waals surface area contributed by atoms with Gasteiger partial charge in [-0.2, -0.15) is 0 Å². The molecule has 0 saturated carbocycles. The molecule has 21 heavy (non-hydrogen) atoms. The highest BCUT2D eigenvalue weighted by Gasteiger charge is 2.47. The Morgan fingerprint density at radius 2 is 1.81 bits per heavy atom. The number of hydrogen-bond acceptors (Lipinski definition) is 3. The minimum atomic E-state index is -0.699. The summed E-state index contributed by atoms with van der Waals surface area (Å²) in [6, 6.07) is -0.314. The van der Waals surface area contributed by atoms with E-state index in [0.717, 1.165) is 25.9 Å². The van der Waals surface area contributed by atoms with Crippen molar-refractivity contribution in [2.24, 2.45) is 0 Å². The van der Waals surface area contributed by atoms with Gasteiger partial charge in [-0.05, 0) is 38.5 Å². The van der Waals surface area contributed by atoms with Crippen molar-refractivity contribution in [3.63, 3.8) is 0 Å². The van der Waals surface area contributed by atoms with Crippen molar-refractivity contribution in [3.8, 4) is 0 Å². The zero-order chi connectivity index (χ0) is 15.9. The number of nitrogens with one attached hydrogen (secondary N) is 1. The molecular formula is C16H30N2O3. The van der Waals surface area contributed by atoms with Gasteiger partial charge in [0.25, 0.3) is 0 Å². The van der Waals surface area contributed by atoms with Gasteiger partial charge in [-0.15, -0.1) is 0 Å². The van der Waals surface area contributed by atoms with Gasteiger partial charge in [0.1, 0.15) is 11.6 Å². The van der Waals surface area contributed by atoms with Crippen LogP contribution in [0.25, 0.3) is 0 Å². The maximum Gasteiger partial charge on any atom is 0.248 e. The molecule has 0 aromatic rings. The number of methoxy groups -OCH3 is 1. The average Bonchev–Trinajstić information content (AvgIpc) is 2.50. The summed E-state index contributed by atoms with van der Waals surface area (Å²) in [7, 11) is 1.70. The summed E-state index contributed by atoms with van der Waals surface area (Å²) in [6.45, 7) is 7.30. The first-order chi connectivity index (χ1) is 10.1. The van der Waals surface area contributed by atoms with E-state index in [4.69, 9.17) is 4.74 Å². The highest BCUT2D eigenvalue weighted by atomic mass is 16.5. The second-order valence-corrected chi connectivity index (χ2v) is 5.75. The van der Waals surface area contributed by atoms with Gasteiger partial charge in [0.2, 0.25) is 11.8 Å². The summed E-state index contributed by atoms with van der Waals surface area (Å²) in [5.41, 5.74) is -0.699. The lowest BCUT2D eigenvalue weighted by molar-refractivity contribution is -0.155. The summed E-state index contributed by atoms with van der Waals surface area (Å²) < 4.78 is 5.04. The predicted octanol–water partition coefficient (Wildman–Crippen LogP) is 2.10. The van der Waals surface area contributed by atoms with E-state index in [9.17, 15) is 9.59 Å². The van der Waals surface area contributed by atoms with Gasteiger partial charge in [-0.1, -0.05) is 20.8 Å². The van der Waals surface area contributed by atoms with Crippen LogP contribution in [0.5, 0.6) is 0 Å². The fourth-order valence-electron chi connectivity index (χ4n) is 3.03. The second-order valence-electron chi connectivity index (χ2n) is 5.75. The van der Waals surface area contributed by atoms with E-state index < -0.39 is 5.54 Å². The third-order valence-corrected chi connectivity index (χ3v) is 4.55. The fourth-order valence-corrected chi connectivity index (χ4v) is 3.03. The molecule has 0 aromatic carbocycles. The lowest BCUT2D eigenvalue weighted by atomic mass is 9.86. The molecule has 5 nitrogen and oxygen atoms in total. The molecule has 1 fully saturated rings. The fraction of sp³-hybridized carbons (Fsp3) is 0.875. The molecule has 1 N–H and O–H groups in total. The molecule has 0 spiro atoms. The van der Waals surface area contributed by atoms with Crippen LogP contribution in [0.1, 0.15) is 59.3 Å². The summed E-state index contributed by atoms with van der Waals surface area (Å²) in [6.07, 6.45) is 4.88. The molecule has 1 saturated heterocycles. The van der Waals surface area contributed by atoms with Crippen molar-refractivity contribution in [1.29, 1.82) is 0 Å². The Kier molecular flexibility index (Phi) is 7.15. The van der Waals surface area contributed by atoms with Gasteiger partial charge in [0.15, 0.2) is 0 Å². The highest BCUT2D eigenvalue weighted by Crippen LogP contribution is 2.26. The van der Waals surface area contributed by atoms with E-state index in [2.05, 4.69) is 5.32 Å². The Hall–Kier alpha value is -1.10. The highest BCUT2D eigenvalue weighted by molar-refractivity contribution is 5.99. The quantitative estimate of drug-likeness (QED) is 0.663. The number of ether oxygens (including phenoxy) is 1. The summed E-state index contributed by atoms with van der Waals surface area (Å²) in [5.74, 6) is 0.0865. The lowest BCUT2D eigenvalue weighted by Crippen LogP contribution is -2.69. The van der Waals surface area contributed by atoms with Crippen LogP contribution in [-0.4, -0.2) is 48.6 Å². The Morgan fingerprint density at radius 1 is 1.14 bits per heavy atom. The number of hydrogen-bond donors (Lipinski definition) is 1. The summed E-state index contributed by atoms with van der Waals surface area (Å²) in [4.78, 5) is 27.0. The van der Waals surface area contributed by atoms with E-state index in [-0.39, 0.29) is 17.9 Å². The number of unbranched alkanes of at least 4 members (excludes halogenated alkanes) is 2. The molecule has 5 heteroatoms. The van der Waals surface area contributed by atoms with Crippen LogP contribution in [-0.2, 0) is 14.3 Å². The van der Waals surface area contributed by atoms with Crippen molar-refractivity contribution in [2.75, 3.05) is 20.3 Å². The second kappa shape index (κ2) is 8.37. The maximum absolute atomic E-state index is 12.8. The SMILES string of the molecule is CCC1C(=O)NC(CC)(CC)C(=O)N1CCCCCOC. The van der Waals surface area contributed by atoms with Crippen molar-refractivity contribution in [1.82, 2.24) is 10.2 Å². The van der Waals surface area contributed by atoms with Crippen molar-refractivity contribution in [3.05, 3.63) is 0 Å². The van der Waals surface area contributed by atoms with Gasteiger partial charge in [0, 0.05) is 20.3 Å². The molecule has 0 aliphatic carbocycles. The first-order valence-electron chi connectivity index (χ1n) is 8.18. The molecule has 0 aromatic heterocycles. The average molecular weight is 298 g/mol. The topological polar surface area (TPSA) is 58.6 Å². The van der Waals surface area contributed by atoms with Gasteiger partial charge < -0.3 is 15.0 Å². The minimum absolute atomic E-state index is 0.00214. The minimum Gasteiger partial charge on any atom is -0.385 e. The molecular weight excluding hydrogens is 268 g/mol. The molecule has 1 rings (SSSR count). The van der Waals surface area contributed by atoms with E-state index in [1.165, 1.54) is 0 Å². The van der Waals surface area contributed by atoms with E-state index >= 15 is 0 Å². The molecule has 1 heterocycles. The molecule has 0 radical (unpaired) electrons. The van der Waals surface area contributed by atoms with Crippen LogP contribution in [0.2, 0.25) is 0 Å². The number of amides is 2. The van der Waals surface area contributed by atoms with Gasteiger partial charge in [-0.25, -0.2) is 0 Å². The van der Waals surface area contributed by atoms with Crippen LogP contribution in [0.3, 0.4) is 0 Å². The van der Waals surface area contributed by atoms with Crippen LogP contribution < -0.4 is 5.32 Å². The number of rotatable bonds is 9. The first kappa shape index (κ1) is 18.0. The monoisotopic (exact) mass is 298 g/mol. The molecule has 1 aliphatic rings. The molecule has 122 valence electrons. The third kappa shape index (κ3) is 3.96. The van der Waals surface area contributed by atoms with Crippen LogP contribution in [0, 0.1) is 0 Å². The zero-order valence-corrected chi connectivity index (χ0v) is 13.9. The predicted molar refractivity (Wildman–Crippen MR) is 83.0 cm³/mol.